The highest BCUT2D eigenvalue weighted by Crippen LogP contribution is 2.46. The van der Waals surface area contributed by atoms with Crippen LogP contribution in [0, 0.1) is 0 Å². The van der Waals surface area contributed by atoms with E-state index in [9.17, 15) is 0 Å². The maximum absolute atomic E-state index is 2.41. The molecule has 0 N–H and O–H groups in total. The fourth-order valence-corrected chi connectivity index (χ4v) is 10.6. The van der Waals surface area contributed by atoms with Crippen molar-refractivity contribution in [2.45, 2.75) is 0 Å². The number of benzene rings is 11. The van der Waals surface area contributed by atoms with Gasteiger partial charge in [0.1, 0.15) is 0 Å². The van der Waals surface area contributed by atoms with Crippen LogP contribution in [0.1, 0.15) is 0 Å². The molecule has 0 aliphatic carbocycles. The van der Waals surface area contributed by atoms with E-state index in [0.29, 0.717) is 0 Å². The lowest BCUT2D eigenvalue weighted by molar-refractivity contribution is 1.29. The third kappa shape index (κ3) is 6.24. The van der Waals surface area contributed by atoms with Crippen LogP contribution in [0.25, 0.3) is 97.0 Å². The molecule has 0 fully saturated rings. The highest BCUT2D eigenvalue weighted by molar-refractivity contribution is 7.25. The number of nitrogens with zero attached hydrogens (tertiary/aromatic N) is 1. The second-order valence-electron chi connectivity index (χ2n) is 16.1. The molecule has 0 unspecified atom stereocenters. The maximum atomic E-state index is 2.41. The number of rotatable bonds is 7. The van der Waals surface area contributed by atoms with E-state index in [2.05, 4.69) is 241 Å². The quantitative estimate of drug-likeness (QED) is 0.145. The number of fused-ring (bicyclic) bond motifs is 7. The second-order valence-corrected chi connectivity index (χ2v) is 17.1. The van der Waals surface area contributed by atoms with Crippen molar-refractivity contribution in [1.29, 1.82) is 0 Å². The first-order valence-corrected chi connectivity index (χ1v) is 22.1. The molecule has 0 aliphatic heterocycles. The first-order chi connectivity index (χ1) is 30.7. The van der Waals surface area contributed by atoms with Gasteiger partial charge in [0.15, 0.2) is 0 Å². The summed E-state index contributed by atoms with van der Waals surface area (Å²) in [6.07, 6.45) is 0. The minimum Gasteiger partial charge on any atom is -0.310 e. The molecule has 0 aliphatic rings. The van der Waals surface area contributed by atoms with E-state index < -0.39 is 0 Å². The predicted octanol–water partition coefficient (Wildman–Crippen LogP) is 17.7. The van der Waals surface area contributed by atoms with Crippen LogP contribution in [0.2, 0.25) is 0 Å². The Morgan fingerprint density at radius 2 is 0.758 bits per heavy atom. The van der Waals surface area contributed by atoms with E-state index in [1.807, 2.05) is 11.3 Å². The summed E-state index contributed by atoms with van der Waals surface area (Å²) in [7, 11) is 0. The molecule has 11 aromatic carbocycles. The first kappa shape index (κ1) is 36.1. The monoisotopic (exact) mass is 805 g/mol. The van der Waals surface area contributed by atoms with Crippen LogP contribution in [-0.4, -0.2) is 0 Å². The fraction of sp³-hybridized carbons (Fsp3) is 0. The molecular weight excluding hydrogens is 767 g/mol. The summed E-state index contributed by atoms with van der Waals surface area (Å²) in [4.78, 5) is 2.41. The number of hydrogen-bond acceptors (Lipinski definition) is 2. The van der Waals surface area contributed by atoms with Gasteiger partial charge in [-0.2, -0.15) is 0 Å². The largest absolute Gasteiger partial charge is 0.310 e. The van der Waals surface area contributed by atoms with Crippen molar-refractivity contribution in [3.8, 4) is 44.5 Å². The van der Waals surface area contributed by atoms with Gasteiger partial charge in [0.25, 0.3) is 0 Å². The summed E-state index contributed by atoms with van der Waals surface area (Å²) in [5.41, 5.74) is 13.1. The van der Waals surface area contributed by atoms with Crippen LogP contribution in [0.3, 0.4) is 0 Å². The van der Waals surface area contributed by atoms with Gasteiger partial charge >= 0.3 is 0 Å². The van der Waals surface area contributed by atoms with Crippen molar-refractivity contribution in [3.63, 3.8) is 0 Å². The Labute approximate surface area is 365 Å². The van der Waals surface area contributed by atoms with Gasteiger partial charge in [0.2, 0.25) is 0 Å². The zero-order valence-corrected chi connectivity index (χ0v) is 34.7. The van der Waals surface area contributed by atoms with Gasteiger partial charge in [0, 0.05) is 37.2 Å². The van der Waals surface area contributed by atoms with Gasteiger partial charge in [-0.25, -0.2) is 0 Å². The van der Waals surface area contributed by atoms with E-state index in [0.717, 1.165) is 17.1 Å². The number of anilines is 3. The van der Waals surface area contributed by atoms with E-state index in [4.69, 9.17) is 0 Å². The molecule has 290 valence electrons. The van der Waals surface area contributed by atoms with Gasteiger partial charge in [-0.1, -0.05) is 182 Å². The number of thiophene rings is 1. The molecule has 0 amide bonds. The van der Waals surface area contributed by atoms with Gasteiger partial charge in [-0.3, -0.25) is 0 Å². The zero-order chi connectivity index (χ0) is 41.0. The summed E-state index contributed by atoms with van der Waals surface area (Å²) < 4.78 is 2.59. The molecule has 0 radical (unpaired) electrons. The molecule has 0 atom stereocenters. The molecule has 1 heterocycles. The lowest BCUT2D eigenvalue weighted by Gasteiger charge is -2.26. The lowest BCUT2D eigenvalue weighted by atomic mass is 9.84. The summed E-state index contributed by atoms with van der Waals surface area (Å²) >= 11 is 1.86. The van der Waals surface area contributed by atoms with Gasteiger partial charge < -0.3 is 4.90 Å². The Bertz CT molecular complexity index is 3620. The van der Waals surface area contributed by atoms with Crippen molar-refractivity contribution in [2.24, 2.45) is 0 Å². The molecule has 12 rings (SSSR count). The van der Waals surface area contributed by atoms with Crippen molar-refractivity contribution >= 4 is 80.9 Å². The predicted molar refractivity (Wildman–Crippen MR) is 268 cm³/mol. The SMILES string of the molecule is c1ccc(-c2c(-c3ccccc3)c3cc(-c4ccc(N(c5cccc(-c6ccc7ccccc7c6)c5)c5ccc6c(c5)sc5ccccc56)cc4)ccc3c3ccccc23)cc1. The Hall–Kier alpha value is -7.78. The maximum Gasteiger partial charge on any atom is 0.0476 e. The zero-order valence-electron chi connectivity index (χ0n) is 33.9. The van der Waals surface area contributed by atoms with E-state index >= 15 is 0 Å². The molecule has 2 heteroatoms. The molecular formula is C60H39NS. The highest BCUT2D eigenvalue weighted by atomic mass is 32.1. The molecule has 0 saturated carbocycles. The second kappa shape index (κ2) is 15.0. The van der Waals surface area contributed by atoms with Crippen molar-refractivity contribution in [3.05, 3.63) is 237 Å². The van der Waals surface area contributed by atoms with E-state index in [1.165, 1.54) is 97.0 Å². The summed E-state index contributed by atoms with van der Waals surface area (Å²) in [5, 5.41) is 10.1. The van der Waals surface area contributed by atoms with Crippen molar-refractivity contribution in [2.75, 3.05) is 4.90 Å². The van der Waals surface area contributed by atoms with Crippen LogP contribution >= 0.6 is 11.3 Å². The minimum absolute atomic E-state index is 1.10. The summed E-state index contributed by atoms with van der Waals surface area (Å²) in [6.45, 7) is 0. The van der Waals surface area contributed by atoms with Crippen LogP contribution in [0.15, 0.2) is 237 Å². The van der Waals surface area contributed by atoms with Crippen LogP contribution in [0.4, 0.5) is 17.1 Å². The topological polar surface area (TPSA) is 3.24 Å². The molecule has 0 spiro atoms. The Kier molecular flexibility index (Phi) is 8.76. The van der Waals surface area contributed by atoms with Crippen LogP contribution < -0.4 is 4.90 Å². The normalized spacial score (nSPS) is 11.5. The fourth-order valence-electron chi connectivity index (χ4n) is 9.48. The number of hydrogen-bond donors (Lipinski definition) is 0. The van der Waals surface area contributed by atoms with Gasteiger partial charge in [0.05, 0.1) is 0 Å². The van der Waals surface area contributed by atoms with E-state index in [1.54, 1.807) is 0 Å². The molecule has 12 aromatic rings. The molecule has 62 heavy (non-hydrogen) atoms. The summed E-state index contributed by atoms with van der Waals surface area (Å²) in [6, 6.07) is 86.8. The Morgan fingerprint density at radius 3 is 1.55 bits per heavy atom. The Balaban J connectivity index is 1.01. The highest BCUT2D eigenvalue weighted by Gasteiger charge is 2.20. The third-order valence-corrected chi connectivity index (χ3v) is 13.6. The van der Waals surface area contributed by atoms with Crippen molar-refractivity contribution in [1.82, 2.24) is 0 Å². The first-order valence-electron chi connectivity index (χ1n) is 21.2. The smallest absolute Gasteiger partial charge is 0.0476 e. The molecule has 1 nitrogen and oxygen atoms in total. The lowest BCUT2D eigenvalue weighted by Crippen LogP contribution is -2.09. The van der Waals surface area contributed by atoms with E-state index in [-0.39, 0.29) is 0 Å². The van der Waals surface area contributed by atoms with Crippen molar-refractivity contribution < 1.29 is 0 Å². The average molecular weight is 806 g/mol. The third-order valence-electron chi connectivity index (χ3n) is 12.4. The van der Waals surface area contributed by atoms with Gasteiger partial charge in [-0.15, -0.1) is 11.3 Å². The summed E-state index contributed by atoms with van der Waals surface area (Å²) in [5.74, 6) is 0. The molecule has 0 bridgehead atoms. The Morgan fingerprint density at radius 1 is 0.242 bits per heavy atom. The van der Waals surface area contributed by atoms with Crippen LogP contribution in [-0.2, 0) is 0 Å². The standard InChI is InChI=1S/C60H39NS/c1-3-15-42(16-4-1)59-55-24-10-9-22-51(55)52-34-30-47(38-56(52)60(59)43-17-5-2-6-18-43)41-28-31-48(32-29-41)61(50-33-35-54-53-23-11-12-25-57(53)62-58(54)39-50)49-21-13-20-45(37-49)46-27-26-40-14-7-8-19-44(40)36-46/h1-39H. The van der Waals surface area contributed by atoms with Crippen LogP contribution in [0.5, 0.6) is 0 Å². The minimum atomic E-state index is 1.10. The van der Waals surface area contributed by atoms with Gasteiger partial charge in [-0.05, 0) is 131 Å². The molecule has 1 aromatic heterocycles. The average Bonchev–Trinajstić information content (AvgIpc) is 3.72. The molecule has 0 saturated heterocycles.